The zero-order valence-electron chi connectivity index (χ0n) is 10.7. The summed E-state index contributed by atoms with van der Waals surface area (Å²) in [5.41, 5.74) is -0.389. The topological polar surface area (TPSA) is 57.6 Å². The van der Waals surface area contributed by atoms with Crippen molar-refractivity contribution in [3.8, 4) is 0 Å². The predicted molar refractivity (Wildman–Crippen MR) is 64.7 cm³/mol. The molecule has 19 heavy (non-hydrogen) atoms. The molecule has 0 aromatic heterocycles. The fourth-order valence-electron chi connectivity index (χ4n) is 1.60. The van der Waals surface area contributed by atoms with Crippen LogP contribution >= 0.6 is 0 Å². The number of hydrogen-bond acceptors (Lipinski definition) is 2. The normalized spacial score (nSPS) is 12.0. The van der Waals surface area contributed by atoms with Crippen molar-refractivity contribution >= 4 is 11.9 Å². The van der Waals surface area contributed by atoms with Gasteiger partial charge in [0.1, 0.15) is 0 Å². The van der Waals surface area contributed by atoms with Crippen LogP contribution in [0.25, 0.3) is 0 Å². The van der Waals surface area contributed by atoms with Crippen LogP contribution < -0.4 is 0 Å². The first-order valence-corrected chi connectivity index (χ1v) is 5.84. The zero-order chi connectivity index (χ0) is 14.6. The molecule has 1 amide bonds. The van der Waals surface area contributed by atoms with Gasteiger partial charge in [0.15, 0.2) is 11.6 Å². The number of nitrogens with zero attached hydrogens (tertiary/aromatic N) is 1. The fraction of sp³-hybridized carbons (Fsp3) is 0.385. The molecule has 4 nitrogen and oxygen atoms in total. The van der Waals surface area contributed by atoms with Crippen LogP contribution in [0.5, 0.6) is 0 Å². The lowest BCUT2D eigenvalue weighted by Gasteiger charge is -2.23. The van der Waals surface area contributed by atoms with Gasteiger partial charge >= 0.3 is 5.97 Å². The number of benzene rings is 1. The lowest BCUT2D eigenvalue weighted by molar-refractivity contribution is -0.141. The number of amides is 1. The SMILES string of the molecule is CCN(CC(C)C(=O)O)C(=O)c1cccc(F)c1F. The van der Waals surface area contributed by atoms with E-state index in [-0.39, 0.29) is 18.7 Å². The maximum atomic E-state index is 13.5. The maximum Gasteiger partial charge on any atom is 0.308 e. The molecule has 1 unspecified atom stereocenters. The Morgan fingerprint density at radius 3 is 2.53 bits per heavy atom. The van der Waals surface area contributed by atoms with E-state index < -0.39 is 29.4 Å². The van der Waals surface area contributed by atoms with Gasteiger partial charge < -0.3 is 10.0 Å². The number of carboxylic acid groups (broad SMARTS) is 1. The molecule has 0 aliphatic heterocycles. The molecular weight excluding hydrogens is 256 g/mol. The van der Waals surface area contributed by atoms with Crippen molar-refractivity contribution in [3.63, 3.8) is 0 Å². The van der Waals surface area contributed by atoms with Crippen LogP contribution in [0.1, 0.15) is 24.2 Å². The van der Waals surface area contributed by atoms with E-state index in [9.17, 15) is 18.4 Å². The minimum absolute atomic E-state index is 0.0549. The third-order valence-electron chi connectivity index (χ3n) is 2.77. The molecule has 104 valence electrons. The third-order valence-corrected chi connectivity index (χ3v) is 2.77. The van der Waals surface area contributed by atoms with Crippen LogP contribution in [-0.2, 0) is 4.79 Å². The van der Waals surface area contributed by atoms with Crippen molar-refractivity contribution < 1.29 is 23.5 Å². The largest absolute Gasteiger partial charge is 0.481 e. The Morgan fingerprint density at radius 1 is 1.37 bits per heavy atom. The number of halogens is 2. The van der Waals surface area contributed by atoms with E-state index in [1.807, 2.05) is 0 Å². The Labute approximate surface area is 109 Å². The molecule has 0 heterocycles. The highest BCUT2D eigenvalue weighted by atomic mass is 19.2. The molecule has 6 heteroatoms. The van der Waals surface area contributed by atoms with Crippen LogP contribution in [0.4, 0.5) is 8.78 Å². The Balaban J connectivity index is 2.96. The van der Waals surface area contributed by atoms with E-state index in [1.165, 1.54) is 24.0 Å². The first kappa shape index (κ1) is 15.1. The molecule has 0 saturated heterocycles. The van der Waals surface area contributed by atoms with Gasteiger partial charge in [0.05, 0.1) is 11.5 Å². The van der Waals surface area contributed by atoms with Crippen molar-refractivity contribution in [3.05, 3.63) is 35.4 Å². The summed E-state index contributed by atoms with van der Waals surface area (Å²) >= 11 is 0. The van der Waals surface area contributed by atoms with E-state index in [0.29, 0.717) is 0 Å². The van der Waals surface area contributed by atoms with Gasteiger partial charge in [-0.05, 0) is 19.1 Å². The summed E-state index contributed by atoms with van der Waals surface area (Å²) in [4.78, 5) is 24.0. The number of hydrogen-bond donors (Lipinski definition) is 1. The average molecular weight is 271 g/mol. The van der Waals surface area contributed by atoms with Gasteiger partial charge in [0.25, 0.3) is 5.91 Å². The van der Waals surface area contributed by atoms with E-state index in [2.05, 4.69) is 0 Å². The molecule has 0 aliphatic carbocycles. The third kappa shape index (κ3) is 3.49. The summed E-state index contributed by atoms with van der Waals surface area (Å²) in [6, 6.07) is 3.33. The average Bonchev–Trinajstić information content (AvgIpc) is 2.38. The molecule has 0 bridgehead atoms. The van der Waals surface area contributed by atoms with Gasteiger partial charge in [-0.15, -0.1) is 0 Å². The van der Waals surface area contributed by atoms with E-state index in [4.69, 9.17) is 5.11 Å². The van der Waals surface area contributed by atoms with Crippen LogP contribution in [0.15, 0.2) is 18.2 Å². The Bertz CT molecular complexity index is 491. The second kappa shape index (κ2) is 6.26. The monoisotopic (exact) mass is 271 g/mol. The van der Waals surface area contributed by atoms with Crippen molar-refractivity contribution in [2.45, 2.75) is 13.8 Å². The quantitative estimate of drug-likeness (QED) is 0.892. The smallest absolute Gasteiger partial charge is 0.308 e. The highest BCUT2D eigenvalue weighted by Gasteiger charge is 2.23. The standard InChI is InChI=1S/C13H15F2NO3/c1-3-16(7-8(2)13(18)19)12(17)9-5-4-6-10(14)11(9)15/h4-6,8H,3,7H2,1-2H3,(H,18,19). The van der Waals surface area contributed by atoms with Gasteiger partial charge in [0.2, 0.25) is 0 Å². The number of rotatable bonds is 5. The Hall–Kier alpha value is -1.98. The summed E-state index contributed by atoms with van der Waals surface area (Å²) < 4.78 is 26.6. The molecule has 1 atom stereocenters. The fourth-order valence-corrected chi connectivity index (χ4v) is 1.60. The van der Waals surface area contributed by atoms with Gasteiger partial charge in [-0.3, -0.25) is 9.59 Å². The van der Waals surface area contributed by atoms with Gasteiger partial charge in [-0.2, -0.15) is 0 Å². The molecule has 0 aliphatic rings. The zero-order valence-corrected chi connectivity index (χ0v) is 10.7. The molecule has 1 N–H and O–H groups in total. The van der Waals surface area contributed by atoms with Crippen molar-refractivity contribution in [1.29, 1.82) is 0 Å². The molecule has 0 radical (unpaired) electrons. The summed E-state index contributed by atoms with van der Waals surface area (Å²) in [6.45, 7) is 3.25. The molecule has 0 fully saturated rings. The van der Waals surface area contributed by atoms with Crippen molar-refractivity contribution in [2.24, 2.45) is 5.92 Å². The second-order valence-corrected chi connectivity index (χ2v) is 4.18. The number of carbonyl (C=O) groups is 2. The number of carbonyl (C=O) groups excluding carboxylic acids is 1. The minimum Gasteiger partial charge on any atom is -0.481 e. The molecule has 1 rings (SSSR count). The van der Waals surface area contributed by atoms with Crippen molar-refractivity contribution in [1.82, 2.24) is 4.90 Å². The predicted octanol–water partition coefficient (Wildman–Crippen LogP) is 2.15. The van der Waals surface area contributed by atoms with Gasteiger partial charge in [0, 0.05) is 13.1 Å². The Kier molecular flexibility index (Phi) is 4.97. The minimum atomic E-state index is -1.21. The summed E-state index contributed by atoms with van der Waals surface area (Å²) in [6.07, 6.45) is 0. The number of aliphatic carboxylic acids is 1. The summed E-state index contributed by atoms with van der Waals surface area (Å²) in [5, 5.41) is 8.81. The highest BCUT2D eigenvalue weighted by molar-refractivity contribution is 5.94. The van der Waals surface area contributed by atoms with Crippen LogP contribution in [0.2, 0.25) is 0 Å². The van der Waals surface area contributed by atoms with Crippen molar-refractivity contribution in [2.75, 3.05) is 13.1 Å². The molecular formula is C13H15F2NO3. The van der Waals surface area contributed by atoms with E-state index in [0.717, 1.165) is 6.07 Å². The molecule has 1 aromatic carbocycles. The first-order chi connectivity index (χ1) is 8.88. The summed E-state index contributed by atoms with van der Waals surface area (Å²) in [5.74, 6) is -4.86. The van der Waals surface area contributed by atoms with Crippen LogP contribution in [-0.4, -0.2) is 35.0 Å². The van der Waals surface area contributed by atoms with Gasteiger partial charge in [-0.25, -0.2) is 8.78 Å². The first-order valence-electron chi connectivity index (χ1n) is 5.84. The summed E-state index contributed by atoms with van der Waals surface area (Å²) in [7, 11) is 0. The lowest BCUT2D eigenvalue weighted by Crippen LogP contribution is -2.37. The lowest BCUT2D eigenvalue weighted by atomic mass is 10.1. The number of carboxylic acids is 1. The second-order valence-electron chi connectivity index (χ2n) is 4.18. The Morgan fingerprint density at radius 2 is 2.00 bits per heavy atom. The van der Waals surface area contributed by atoms with Crippen LogP contribution in [0.3, 0.4) is 0 Å². The molecule has 1 aromatic rings. The molecule has 0 spiro atoms. The van der Waals surface area contributed by atoms with Gasteiger partial charge in [-0.1, -0.05) is 13.0 Å². The highest BCUT2D eigenvalue weighted by Crippen LogP contribution is 2.14. The van der Waals surface area contributed by atoms with Crippen LogP contribution in [0, 0.1) is 17.6 Å². The van der Waals surface area contributed by atoms with E-state index >= 15 is 0 Å². The molecule has 0 saturated carbocycles. The maximum absolute atomic E-state index is 13.5. The van der Waals surface area contributed by atoms with E-state index in [1.54, 1.807) is 6.92 Å².